The summed E-state index contributed by atoms with van der Waals surface area (Å²) in [7, 11) is 0. The second-order valence-electron chi connectivity index (χ2n) is 8.07. The first-order valence-electron chi connectivity index (χ1n) is 10.2. The molecule has 0 heterocycles. The Kier molecular flexibility index (Phi) is 7.70. The number of nitrogens with two attached hydrogens (primary N) is 1. The van der Waals surface area contributed by atoms with Crippen LogP contribution in [0.2, 0.25) is 0 Å². The summed E-state index contributed by atoms with van der Waals surface area (Å²) in [6.45, 7) is 3.38. The Morgan fingerprint density at radius 1 is 0.829 bits per heavy atom. The standard InChI is InChI=1S/C23H22F6N2O4/c1-12(2)18(30)19(33)31(17-11-7-6-10-16(17)23(27,28)29)21(13(3)32,20(34)35)14-8-4-5-9-15(14)22(24,25)26/h4-12,18H,30H2,1-3H3,(H,34,35). The molecular weight excluding hydrogens is 482 g/mol. The largest absolute Gasteiger partial charge is 0.479 e. The highest BCUT2D eigenvalue weighted by Crippen LogP contribution is 2.46. The molecule has 0 radical (unpaired) electrons. The van der Waals surface area contributed by atoms with Crippen molar-refractivity contribution in [2.45, 2.75) is 44.7 Å². The average molecular weight is 504 g/mol. The summed E-state index contributed by atoms with van der Waals surface area (Å²) in [6, 6.07) is 4.51. The van der Waals surface area contributed by atoms with Crippen molar-refractivity contribution < 1.29 is 45.8 Å². The van der Waals surface area contributed by atoms with Crippen LogP contribution in [-0.2, 0) is 32.3 Å². The van der Waals surface area contributed by atoms with Gasteiger partial charge in [0, 0.05) is 5.56 Å². The maximum Gasteiger partial charge on any atom is 0.418 e. The van der Waals surface area contributed by atoms with Gasteiger partial charge in [-0.1, -0.05) is 44.2 Å². The van der Waals surface area contributed by atoms with Gasteiger partial charge in [-0.05, 0) is 31.0 Å². The Morgan fingerprint density at radius 3 is 1.66 bits per heavy atom. The number of aliphatic carboxylic acids is 1. The number of rotatable bonds is 7. The molecular formula is C23H22F6N2O4. The van der Waals surface area contributed by atoms with Crippen LogP contribution >= 0.6 is 0 Å². The maximum atomic E-state index is 13.9. The number of hydrogen-bond acceptors (Lipinski definition) is 4. The normalized spacial score (nSPS) is 14.8. The number of halogens is 6. The van der Waals surface area contributed by atoms with E-state index in [0.717, 1.165) is 24.3 Å². The number of carbonyl (C=O) groups excluding carboxylic acids is 2. The highest BCUT2D eigenvalue weighted by Gasteiger charge is 2.58. The number of carboxylic acids is 1. The fraction of sp³-hybridized carbons (Fsp3) is 0.348. The lowest BCUT2D eigenvalue weighted by atomic mass is 9.79. The molecule has 0 aliphatic heterocycles. The van der Waals surface area contributed by atoms with Crippen LogP contribution in [0, 0.1) is 5.92 Å². The smallest absolute Gasteiger partial charge is 0.418 e. The molecule has 35 heavy (non-hydrogen) atoms. The van der Waals surface area contributed by atoms with E-state index in [4.69, 9.17) is 5.73 Å². The van der Waals surface area contributed by atoms with Crippen LogP contribution in [-0.4, -0.2) is 28.8 Å². The van der Waals surface area contributed by atoms with Crippen molar-refractivity contribution in [1.82, 2.24) is 0 Å². The quantitative estimate of drug-likeness (QED) is 0.424. The first kappa shape index (κ1) is 27.8. The van der Waals surface area contributed by atoms with Crippen molar-refractivity contribution >= 4 is 23.3 Å². The molecule has 0 saturated heterocycles. The minimum absolute atomic E-state index is 0.0598. The van der Waals surface area contributed by atoms with Crippen molar-refractivity contribution in [1.29, 1.82) is 0 Å². The zero-order valence-electron chi connectivity index (χ0n) is 18.7. The van der Waals surface area contributed by atoms with Gasteiger partial charge in [0.1, 0.15) is 0 Å². The summed E-state index contributed by atoms with van der Waals surface area (Å²) < 4.78 is 83.5. The van der Waals surface area contributed by atoms with Gasteiger partial charge >= 0.3 is 18.3 Å². The predicted octanol–water partition coefficient (Wildman–Crippen LogP) is 4.61. The molecule has 3 N–H and O–H groups in total. The summed E-state index contributed by atoms with van der Waals surface area (Å²) in [5, 5.41) is 10.2. The van der Waals surface area contributed by atoms with Gasteiger partial charge in [-0.15, -0.1) is 0 Å². The molecule has 0 aliphatic carbocycles. The Balaban J connectivity index is 3.17. The van der Waals surface area contributed by atoms with Crippen LogP contribution < -0.4 is 10.6 Å². The summed E-state index contributed by atoms with van der Waals surface area (Å²) in [6.07, 6.45) is -10.4. The number of carboxylic acid groups (broad SMARTS) is 1. The Hall–Kier alpha value is -3.41. The fourth-order valence-corrected chi connectivity index (χ4v) is 3.68. The van der Waals surface area contributed by atoms with E-state index in [1.807, 2.05) is 0 Å². The fourth-order valence-electron chi connectivity index (χ4n) is 3.68. The third kappa shape index (κ3) is 5.02. The van der Waals surface area contributed by atoms with Crippen LogP contribution in [0.5, 0.6) is 0 Å². The predicted molar refractivity (Wildman–Crippen MR) is 113 cm³/mol. The summed E-state index contributed by atoms with van der Waals surface area (Å²) in [5.74, 6) is -6.09. The van der Waals surface area contributed by atoms with E-state index >= 15 is 0 Å². The topological polar surface area (TPSA) is 101 Å². The number of amides is 1. The van der Waals surface area contributed by atoms with E-state index in [1.54, 1.807) is 0 Å². The van der Waals surface area contributed by atoms with Gasteiger partial charge in [0.05, 0.1) is 22.9 Å². The number of anilines is 1. The highest BCUT2D eigenvalue weighted by atomic mass is 19.4. The summed E-state index contributed by atoms with van der Waals surface area (Å²) in [4.78, 5) is 39.1. The number of Topliss-reactive ketones (excluding diaryl/α,β-unsaturated/α-hetero) is 1. The van der Waals surface area contributed by atoms with Gasteiger partial charge in [0.15, 0.2) is 5.78 Å². The maximum absolute atomic E-state index is 13.9. The molecule has 0 fully saturated rings. The molecule has 1 amide bonds. The van der Waals surface area contributed by atoms with Crippen molar-refractivity contribution in [3.8, 4) is 0 Å². The minimum Gasteiger partial charge on any atom is -0.479 e. The number of ketones is 1. The number of para-hydroxylation sites is 1. The van der Waals surface area contributed by atoms with Gasteiger partial charge in [0.2, 0.25) is 11.4 Å². The molecule has 0 saturated carbocycles. The molecule has 2 atom stereocenters. The van der Waals surface area contributed by atoms with E-state index in [0.29, 0.717) is 31.2 Å². The van der Waals surface area contributed by atoms with Crippen molar-refractivity contribution in [2.75, 3.05) is 4.90 Å². The molecule has 12 heteroatoms. The summed E-state index contributed by atoms with van der Waals surface area (Å²) >= 11 is 0. The lowest BCUT2D eigenvalue weighted by Gasteiger charge is -2.42. The van der Waals surface area contributed by atoms with Crippen LogP contribution in [0.25, 0.3) is 0 Å². The lowest BCUT2D eigenvalue weighted by molar-refractivity contribution is -0.153. The minimum atomic E-state index is -5.22. The van der Waals surface area contributed by atoms with Crippen molar-refractivity contribution in [3.05, 3.63) is 65.2 Å². The zero-order chi connectivity index (χ0) is 26.9. The zero-order valence-corrected chi connectivity index (χ0v) is 18.7. The number of alkyl halides is 6. The van der Waals surface area contributed by atoms with Gasteiger partial charge in [-0.25, -0.2) is 4.79 Å². The molecule has 0 aromatic heterocycles. The van der Waals surface area contributed by atoms with E-state index in [2.05, 4.69) is 0 Å². The van der Waals surface area contributed by atoms with Crippen LogP contribution in [0.1, 0.15) is 37.5 Å². The molecule has 2 unspecified atom stereocenters. The number of carbonyl (C=O) groups is 3. The molecule has 2 rings (SSSR count). The third-order valence-corrected chi connectivity index (χ3v) is 5.45. The van der Waals surface area contributed by atoms with E-state index in [1.165, 1.54) is 13.8 Å². The van der Waals surface area contributed by atoms with Crippen molar-refractivity contribution in [2.24, 2.45) is 11.7 Å². The van der Waals surface area contributed by atoms with Gasteiger partial charge in [-0.2, -0.15) is 26.3 Å². The van der Waals surface area contributed by atoms with Gasteiger partial charge in [-0.3, -0.25) is 14.5 Å². The van der Waals surface area contributed by atoms with E-state index in [9.17, 15) is 45.8 Å². The SMILES string of the molecule is CC(=O)C(C(=O)O)(c1ccccc1C(F)(F)F)N(C(=O)C(N)C(C)C)c1ccccc1C(F)(F)F. The molecule has 0 aliphatic rings. The molecule has 2 aromatic carbocycles. The Labute approximate surface area is 196 Å². The highest BCUT2D eigenvalue weighted by molar-refractivity contribution is 6.18. The average Bonchev–Trinajstić information content (AvgIpc) is 2.74. The molecule has 6 nitrogen and oxygen atoms in total. The van der Waals surface area contributed by atoms with Gasteiger partial charge in [0.25, 0.3) is 0 Å². The second kappa shape index (κ2) is 9.68. The Morgan fingerprint density at radius 2 is 1.26 bits per heavy atom. The van der Waals surface area contributed by atoms with E-state index in [-0.39, 0.29) is 4.90 Å². The van der Waals surface area contributed by atoms with Gasteiger partial charge < -0.3 is 10.8 Å². The second-order valence-corrected chi connectivity index (χ2v) is 8.07. The first-order chi connectivity index (χ1) is 16.0. The third-order valence-electron chi connectivity index (χ3n) is 5.45. The molecule has 190 valence electrons. The van der Waals surface area contributed by atoms with Crippen molar-refractivity contribution in [3.63, 3.8) is 0 Å². The first-order valence-corrected chi connectivity index (χ1v) is 10.2. The summed E-state index contributed by atoms with van der Waals surface area (Å²) in [5.41, 5.74) is -3.18. The van der Waals surface area contributed by atoms with Crippen LogP contribution in [0.15, 0.2) is 48.5 Å². The lowest BCUT2D eigenvalue weighted by Crippen LogP contribution is -2.64. The monoisotopic (exact) mass is 504 g/mol. The van der Waals surface area contributed by atoms with Crippen LogP contribution in [0.4, 0.5) is 32.0 Å². The number of benzene rings is 2. The molecule has 0 bridgehead atoms. The Bertz CT molecular complexity index is 1110. The number of hydrogen-bond donors (Lipinski definition) is 2. The molecule has 2 aromatic rings. The molecule has 0 spiro atoms. The van der Waals surface area contributed by atoms with Crippen LogP contribution in [0.3, 0.4) is 0 Å². The van der Waals surface area contributed by atoms with E-state index < -0.39 is 69.9 Å². The number of nitrogens with zero attached hydrogens (tertiary/aromatic N) is 1.